The number of ether oxygens (including phenoxy) is 1. The van der Waals surface area contributed by atoms with E-state index in [4.69, 9.17) is 4.74 Å². The van der Waals surface area contributed by atoms with Crippen molar-refractivity contribution in [2.24, 2.45) is 11.8 Å². The maximum absolute atomic E-state index is 13.2. The van der Waals surface area contributed by atoms with Crippen molar-refractivity contribution in [3.8, 4) is 5.75 Å². The summed E-state index contributed by atoms with van der Waals surface area (Å²) in [5.41, 5.74) is 1.50. The van der Waals surface area contributed by atoms with Gasteiger partial charge in [-0.1, -0.05) is 12.1 Å². The van der Waals surface area contributed by atoms with Gasteiger partial charge in [-0.15, -0.1) is 11.8 Å². The molecule has 2 atom stereocenters. The number of carboxylic acid groups (broad SMARTS) is 1. The van der Waals surface area contributed by atoms with Gasteiger partial charge in [-0.25, -0.2) is 0 Å². The van der Waals surface area contributed by atoms with Crippen LogP contribution < -0.4 is 4.74 Å². The third kappa shape index (κ3) is 7.20. The minimum absolute atomic E-state index is 0.111. The Morgan fingerprint density at radius 1 is 1.18 bits per heavy atom. The predicted octanol–water partition coefficient (Wildman–Crippen LogP) is 6.79. The molecule has 0 spiro atoms. The number of piperidine rings is 1. The summed E-state index contributed by atoms with van der Waals surface area (Å²) < 4.78 is 45.0. The highest BCUT2D eigenvalue weighted by atomic mass is 32.2. The summed E-state index contributed by atoms with van der Waals surface area (Å²) in [6.45, 7) is 1.98. The van der Waals surface area contributed by atoms with Gasteiger partial charge in [0.05, 0.1) is 24.1 Å². The molecule has 204 valence electrons. The standard InChI is InChI=1S/C29H33F3N2O3S/c1-37-22-10-11-26-23(18-22)20(12-14-33-26)6-4-7-21-13-16-34(19-24(21)28(35)36)15-5-17-38-27-9-3-2-8-25(27)29(30,31)32/h2-3,8-12,14,18,21,24H,4-7,13,15-17,19H2,1H3,(H,35,36)/t21-,24+/m1/s1. The predicted molar refractivity (Wildman–Crippen MR) is 144 cm³/mol. The molecule has 0 unspecified atom stereocenters. The number of nitrogens with zero attached hydrogens (tertiary/aromatic N) is 2. The lowest BCUT2D eigenvalue weighted by molar-refractivity contribution is -0.146. The summed E-state index contributed by atoms with van der Waals surface area (Å²) >= 11 is 1.21. The van der Waals surface area contributed by atoms with E-state index in [2.05, 4.69) is 9.88 Å². The molecule has 1 saturated heterocycles. The number of methoxy groups -OCH3 is 1. The lowest BCUT2D eigenvalue weighted by Gasteiger charge is -2.36. The Bertz CT molecular complexity index is 1240. The van der Waals surface area contributed by atoms with Gasteiger partial charge in [-0.3, -0.25) is 9.78 Å². The second-order valence-corrected chi connectivity index (χ2v) is 10.9. The molecule has 38 heavy (non-hydrogen) atoms. The van der Waals surface area contributed by atoms with E-state index < -0.39 is 23.6 Å². The summed E-state index contributed by atoms with van der Waals surface area (Å²) in [5, 5.41) is 11.0. The van der Waals surface area contributed by atoms with Crippen LogP contribution >= 0.6 is 11.8 Å². The van der Waals surface area contributed by atoms with E-state index in [-0.39, 0.29) is 10.8 Å². The quantitative estimate of drug-likeness (QED) is 0.211. The van der Waals surface area contributed by atoms with Crippen LogP contribution in [0.4, 0.5) is 13.2 Å². The molecule has 1 aliphatic heterocycles. The Morgan fingerprint density at radius 2 is 2.00 bits per heavy atom. The molecule has 5 nitrogen and oxygen atoms in total. The summed E-state index contributed by atoms with van der Waals surface area (Å²) in [6, 6.07) is 13.5. The van der Waals surface area contributed by atoms with E-state index in [1.54, 1.807) is 13.2 Å². The number of rotatable bonds is 11. The number of likely N-dealkylation sites (tertiary alicyclic amines) is 1. The normalized spacial score (nSPS) is 18.5. The highest BCUT2D eigenvalue weighted by Crippen LogP contribution is 2.37. The minimum atomic E-state index is -4.36. The minimum Gasteiger partial charge on any atom is -0.497 e. The molecule has 2 heterocycles. The zero-order chi connectivity index (χ0) is 27.1. The molecule has 1 aliphatic rings. The number of carbonyl (C=O) groups is 1. The average Bonchev–Trinajstić information content (AvgIpc) is 2.91. The SMILES string of the molecule is COc1ccc2nccc(CCC[C@@H]3CCN(CCCSc4ccccc4C(F)(F)F)C[C@@H]3C(=O)O)c2c1. The van der Waals surface area contributed by atoms with Gasteiger partial charge in [0.1, 0.15) is 5.75 Å². The van der Waals surface area contributed by atoms with Gasteiger partial charge in [-0.2, -0.15) is 13.2 Å². The highest BCUT2D eigenvalue weighted by molar-refractivity contribution is 7.99. The number of hydrogen-bond acceptors (Lipinski definition) is 5. The lowest BCUT2D eigenvalue weighted by Crippen LogP contribution is -2.44. The second-order valence-electron chi connectivity index (χ2n) is 9.74. The maximum Gasteiger partial charge on any atom is 0.417 e. The monoisotopic (exact) mass is 546 g/mol. The summed E-state index contributed by atoms with van der Waals surface area (Å²) in [7, 11) is 1.64. The Balaban J connectivity index is 1.26. The lowest BCUT2D eigenvalue weighted by atomic mass is 9.81. The molecule has 9 heteroatoms. The van der Waals surface area contributed by atoms with Crippen LogP contribution in [-0.2, 0) is 17.4 Å². The van der Waals surface area contributed by atoms with Crippen LogP contribution in [0.3, 0.4) is 0 Å². The molecule has 0 saturated carbocycles. The summed E-state index contributed by atoms with van der Waals surface area (Å²) in [5.74, 6) is 0.242. The third-order valence-corrected chi connectivity index (χ3v) is 8.45. The van der Waals surface area contributed by atoms with Crippen LogP contribution in [0.2, 0.25) is 0 Å². The van der Waals surface area contributed by atoms with E-state index in [0.29, 0.717) is 25.3 Å². The van der Waals surface area contributed by atoms with Crippen molar-refractivity contribution in [2.75, 3.05) is 32.5 Å². The third-order valence-electron chi connectivity index (χ3n) is 7.29. The number of hydrogen-bond donors (Lipinski definition) is 1. The Labute approximate surface area is 225 Å². The number of carboxylic acids is 1. The van der Waals surface area contributed by atoms with E-state index in [0.717, 1.165) is 54.9 Å². The summed E-state index contributed by atoms with van der Waals surface area (Å²) in [6.07, 6.45) is 1.52. The first-order valence-electron chi connectivity index (χ1n) is 12.9. The summed E-state index contributed by atoms with van der Waals surface area (Å²) in [4.78, 5) is 18.9. The largest absolute Gasteiger partial charge is 0.497 e. The van der Waals surface area contributed by atoms with Gasteiger partial charge >= 0.3 is 12.1 Å². The van der Waals surface area contributed by atoms with Gasteiger partial charge < -0.3 is 14.7 Å². The number of thioether (sulfide) groups is 1. The van der Waals surface area contributed by atoms with Crippen LogP contribution in [0.25, 0.3) is 10.9 Å². The van der Waals surface area contributed by atoms with Crippen molar-refractivity contribution in [1.29, 1.82) is 0 Å². The molecule has 2 aromatic carbocycles. The number of benzene rings is 2. The molecule has 0 bridgehead atoms. The molecule has 0 amide bonds. The number of halogens is 3. The van der Waals surface area contributed by atoms with E-state index in [1.165, 1.54) is 29.5 Å². The first kappa shape index (κ1) is 28.2. The average molecular weight is 547 g/mol. The molecule has 1 N–H and O–H groups in total. The molecule has 1 fully saturated rings. The van der Waals surface area contributed by atoms with Gasteiger partial charge in [0.2, 0.25) is 0 Å². The number of pyridine rings is 1. The number of fused-ring (bicyclic) bond motifs is 1. The first-order valence-corrected chi connectivity index (χ1v) is 13.9. The van der Waals surface area contributed by atoms with E-state index in [9.17, 15) is 23.1 Å². The van der Waals surface area contributed by atoms with Crippen molar-refractivity contribution in [2.45, 2.75) is 43.2 Å². The number of aliphatic carboxylic acids is 1. The van der Waals surface area contributed by atoms with Crippen molar-refractivity contribution in [1.82, 2.24) is 9.88 Å². The van der Waals surface area contributed by atoms with Crippen molar-refractivity contribution < 1.29 is 27.8 Å². The topological polar surface area (TPSA) is 62.7 Å². The number of alkyl halides is 3. The second kappa shape index (κ2) is 12.8. The Kier molecular flexibility index (Phi) is 9.54. The molecule has 1 aromatic heterocycles. The number of aromatic nitrogens is 1. The van der Waals surface area contributed by atoms with Crippen molar-refractivity contribution in [3.63, 3.8) is 0 Å². The van der Waals surface area contributed by atoms with Gasteiger partial charge in [0, 0.05) is 23.0 Å². The van der Waals surface area contributed by atoms with Crippen molar-refractivity contribution >= 4 is 28.6 Å². The maximum atomic E-state index is 13.2. The first-order chi connectivity index (χ1) is 18.3. The van der Waals surface area contributed by atoms with Crippen molar-refractivity contribution in [3.05, 3.63) is 65.9 Å². The van der Waals surface area contributed by atoms with E-state index in [1.807, 2.05) is 30.5 Å². The van der Waals surface area contributed by atoms with Crippen LogP contribution in [0.15, 0.2) is 59.6 Å². The fourth-order valence-corrected chi connectivity index (χ4v) is 6.28. The molecule has 4 rings (SSSR count). The molecular formula is C29H33F3N2O3S. The zero-order valence-electron chi connectivity index (χ0n) is 21.4. The Morgan fingerprint density at radius 3 is 2.76 bits per heavy atom. The van der Waals surface area contributed by atoms with Crippen LogP contribution in [0, 0.1) is 11.8 Å². The Hall–Kier alpha value is -2.78. The molecule has 0 radical (unpaired) electrons. The molecule has 3 aromatic rings. The van der Waals surface area contributed by atoms with Crippen LogP contribution in [0.5, 0.6) is 5.75 Å². The smallest absolute Gasteiger partial charge is 0.417 e. The fraction of sp³-hybridized carbons (Fsp3) is 0.448. The van der Waals surface area contributed by atoms with Gasteiger partial charge in [0.15, 0.2) is 0 Å². The number of aryl methyl sites for hydroxylation is 1. The van der Waals surface area contributed by atoms with Gasteiger partial charge in [0.25, 0.3) is 0 Å². The highest BCUT2D eigenvalue weighted by Gasteiger charge is 2.34. The van der Waals surface area contributed by atoms with E-state index >= 15 is 0 Å². The molecule has 0 aliphatic carbocycles. The van der Waals surface area contributed by atoms with Gasteiger partial charge in [-0.05, 0) is 98.8 Å². The molecular weight excluding hydrogens is 513 g/mol. The fourth-order valence-electron chi connectivity index (χ4n) is 5.28. The van der Waals surface area contributed by atoms with Crippen LogP contribution in [0.1, 0.15) is 36.8 Å². The van der Waals surface area contributed by atoms with Crippen LogP contribution in [-0.4, -0.2) is 53.5 Å². The zero-order valence-corrected chi connectivity index (χ0v) is 22.2.